The van der Waals surface area contributed by atoms with Gasteiger partial charge in [-0.05, 0) is 110 Å². The number of hydrogen-bond donors (Lipinski definition) is 2. The van der Waals surface area contributed by atoms with E-state index in [9.17, 15) is 53.9 Å². The number of alkyl halides is 9. The predicted molar refractivity (Wildman–Crippen MR) is 170 cm³/mol. The molecule has 0 heterocycles. The van der Waals surface area contributed by atoms with Crippen LogP contribution in [0, 0.1) is 28.6 Å². The minimum atomic E-state index is -6.89. The Morgan fingerprint density at radius 3 is 2.08 bits per heavy atom. The zero-order valence-electron chi connectivity index (χ0n) is 28.0. The van der Waals surface area contributed by atoms with Crippen molar-refractivity contribution in [1.29, 1.82) is 0 Å². The fourth-order valence-corrected chi connectivity index (χ4v) is 11.2. The first-order valence-electron chi connectivity index (χ1n) is 17.8. The molecule has 4 aliphatic rings. The van der Waals surface area contributed by atoms with Crippen LogP contribution in [0.1, 0.15) is 120 Å². The molecule has 0 bridgehead atoms. The summed E-state index contributed by atoms with van der Waals surface area (Å²) in [4.78, 5) is 0. The Labute approximate surface area is 285 Å². The highest BCUT2D eigenvalue weighted by atomic mass is 32.2. The molecule has 4 aliphatic carbocycles. The van der Waals surface area contributed by atoms with Crippen LogP contribution < -0.4 is 0 Å². The van der Waals surface area contributed by atoms with Crippen LogP contribution in [-0.2, 0) is 17.2 Å². The summed E-state index contributed by atoms with van der Waals surface area (Å²) in [6, 6.07) is 5.84. The quantitative estimate of drug-likeness (QED) is 0.131. The number of aliphatic hydroxyl groups is 1. The fourth-order valence-electron chi connectivity index (χ4n) is 10.00. The van der Waals surface area contributed by atoms with Gasteiger partial charge >= 0.3 is 23.9 Å². The lowest BCUT2D eigenvalue weighted by Crippen LogP contribution is -2.60. The zero-order valence-corrected chi connectivity index (χ0v) is 28.8. The summed E-state index contributed by atoms with van der Waals surface area (Å²) in [5.74, 6) is -17.2. The molecule has 3 fully saturated rings. The number of aliphatic hydroxyl groups excluding tert-OH is 1. The number of fused-ring (bicyclic) bond motifs is 6. The van der Waals surface area contributed by atoms with Crippen LogP contribution in [0.5, 0.6) is 5.75 Å². The van der Waals surface area contributed by atoms with Gasteiger partial charge in [0.25, 0.3) is 0 Å². The SMILES string of the molecule is C[C@]12CCC3c4ccc(O)cc4CC(CCCCCCCCCS(=O)CCCC(F)(F)C(F)(F)C(F)(F)C(F)(F)F)C3C1C[C@@H](O)C21CC1. The minimum absolute atomic E-state index is 0.0987. The van der Waals surface area contributed by atoms with E-state index in [0.717, 1.165) is 83.5 Å². The van der Waals surface area contributed by atoms with Crippen molar-refractivity contribution in [2.45, 2.75) is 146 Å². The molecule has 0 aromatic heterocycles. The third-order valence-electron chi connectivity index (χ3n) is 12.8. The predicted octanol–water partition coefficient (Wildman–Crippen LogP) is 10.3. The van der Waals surface area contributed by atoms with Crippen molar-refractivity contribution in [3.05, 3.63) is 29.3 Å². The molecular formula is C36H49F9O3S. The number of phenolic OH excluding ortho intramolecular Hbond substituents is 1. The van der Waals surface area contributed by atoms with Gasteiger partial charge in [-0.1, -0.05) is 51.5 Å². The van der Waals surface area contributed by atoms with Gasteiger partial charge in [0.1, 0.15) is 5.75 Å². The van der Waals surface area contributed by atoms with Crippen molar-refractivity contribution < 1.29 is 53.9 Å². The lowest BCUT2D eigenvalue weighted by atomic mass is 9.50. The average Bonchev–Trinajstić information content (AvgIpc) is 3.80. The molecule has 5 rings (SSSR count). The van der Waals surface area contributed by atoms with Crippen LogP contribution in [-0.4, -0.2) is 56.0 Å². The lowest BCUT2D eigenvalue weighted by Gasteiger charge is -2.54. The van der Waals surface area contributed by atoms with E-state index in [4.69, 9.17) is 0 Å². The smallest absolute Gasteiger partial charge is 0.460 e. The summed E-state index contributed by atoms with van der Waals surface area (Å²) in [6.07, 6.45) is 3.71. The zero-order chi connectivity index (χ0) is 36.0. The Bertz CT molecular complexity index is 1330. The third kappa shape index (κ3) is 7.15. The Hall–Kier alpha value is -1.50. The van der Waals surface area contributed by atoms with Crippen LogP contribution in [0.25, 0.3) is 0 Å². The molecular weight excluding hydrogens is 683 g/mol. The monoisotopic (exact) mass is 732 g/mol. The number of halogens is 9. The lowest BCUT2D eigenvalue weighted by molar-refractivity contribution is -0.396. The highest BCUT2D eigenvalue weighted by molar-refractivity contribution is 7.84. The molecule has 0 radical (unpaired) electrons. The Morgan fingerprint density at radius 2 is 1.45 bits per heavy atom. The molecule has 5 unspecified atom stereocenters. The number of phenols is 1. The van der Waals surface area contributed by atoms with E-state index in [2.05, 4.69) is 13.0 Å². The molecule has 1 aromatic carbocycles. The van der Waals surface area contributed by atoms with Gasteiger partial charge in [0.05, 0.1) is 6.10 Å². The van der Waals surface area contributed by atoms with E-state index < -0.39 is 53.3 Å². The van der Waals surface area contributed by atoms with E-state index in [-0.39, 0.29) is 22.7 Å². The summed E-state index contributed by atoms with van der Waals surface area (Å²) in [6.45, 7) is 2.43. The standard InChI is InChI=1S/C36H49F9O3S/c1-31-15-13-27-26-12-11-25(46)21-24(26)20-23(30(27)28(31)22-29(47)32(31)16-17-32)10-7-5-3-2-4-6-8-18-49(48)19-9-14-33(37,38)34(39,40)35(41,42)36(43,44)45/h11-12,21,23,27-30,46-47H,2-10,13-20,22H2,1H3/t23?,27?,28?,29-,30?,31+,49?/m1/s1. The summed E-state index contributed by atoms with van der Waals surface area (Å²) in [5.41, 5.74) is 2.90. The van der Waals surface area contributed by atoms with Crippen LogP contribution in [0.2, 0.25) is 0 Å². The van der Waals surface area contributed by atoms with Crippen molar-refractivity contribution >= 4 is 10.8 Å². The maximum atomic E-state index is 13.7. The van der Waals surface area contributed by atoms with Gasteiger partial charge in [-0.3, -0.25) is 4.21 Å². The summed E-state index contributed by atoms with van der Waals surface area (Å²) >= 11 is 0. The normalized spacial score (nSPS) is 30.1. The molecule has 0 saturated heterocycles. The topological polar surface area (TPSA) is 57.5 Å². The van der Waals surface area contributed by atoms with E-state index in [0.29, 0.717) is 35.8 Å². The van der Waals surface area contributed by atoms with Gasteiger partial charge in [-0.25, -0.2) is 0 Å². The molecule has 1 spiro atoms. The first-order valence-corrected chi connectivity index (χ1v) is 19.3. The van der Waals surface area contributed by atoms with Gasteiger partial charge < -0.3 is 10.2 Å². The van der Waals surface area contributed by atoms with Crippen LogP contribution >= 0.6 is 0 Å². The Kier molecular flexibility index (Phi) is 11.2. The number of unbranched alkanes of at least 4 members (excludes halogenated alkanes) is 6. The largest absolute Gasteiger partial charge is 0.508 e. The molecule has 2 N–H and O–H groups in total. The molecule has 13 heteroatoms. The fraction of sp³-hybridized carbons (Fsp3) is 0.833. The van der Waals surface area contributed by atoms with Gasteiger partial charge in [0.2, 0.25) is 0 Å². The second-order valence-corrected chi connectivity index (χ2v) is 17.3. The number of hydrogen-bond acceptors (Lipinski definition) is 3. The van der Waals surface area contributed by atoms with Gasteiger partial charge in [-0.2, -0.15) is 39.5 Å². The van der Waals surface area contributed by atoms with Gasteiger partial charge in [0.15, 0.2) is 0 Å². The molecule has 280 valence electrons. The van der Waals surface area contributed by atoms with E-state index in [1.165, 1.54) is 11.1 Å². The Balaban J connectivity index is 1.01. The second-order valence-electron chi connectivity index (χ2n) is 15.6. The first kappa shape index (κ1) is 38.7. The van der Waals surface area contributed by atoms with Crippen LogP contribution in [0.3, 0.4) is 0 Å². The highest BCUT2D eigenvalue weighted by Gasteiger charge is 2.81. The van der Waals surface area contributed by atoms with Crippen molar-refractivity contribution in [1.82, 2.24) is 0 Å². The van der Waals surface area contributed by atoms with Crippen molar-refractivity contribution in [3.8, 4) is 5.75 Å². The van der Waals surface area contributed by atoms with E-state index >= 15 is 0 Å². The molecule has 0 amide bonds. The molecule has 1 aromatic rings. The second kappa shape index (κ2) is 14.1. The number of aromatic hydroxyl groups is 1. The van der Waals surface area contributed by atoms with Gasteiger partial charge in [0, 0.05) is 34.1 Å². The summed E-state index contributed by atoms with van der Waals surface area (Å²) in [7, 11) is -1.68. The maximum Gasteiger partial charge on any atom is 0.460 e. The number of benzene rings is 1. The van der Waals surface area contributed by atoms with Crippen molar-refractivity contribution in [3.63, 3.8) is 0 Å². The van der Waals surface area contributed by atoms with Crippen molar-refractivity contribution in [2.24, 2.45) is 28.6 Å². The summed E-state index contributed by atoms with van der Waals surface area (Å²) in [5, 5.41) is 21.4. The minimum Gasteiger partial charge on any atom is -0.508 e. The molecule has 49 heavy (non-hydrogen) atoms. The molecule has 3 nitrogen and oxygen atoms in total. The van der Waals surface area contributed by atoms with Crippen molar-refractivity contribution in [2.75, 3.05) is 11.5 Å². The summed E-state index contributed by atoms with van der Waals surface area (Å²) < 4.78 is 129. The highest BCUT2D eigenvalue weighted by Crippen LogP contribution is 2.76. The Morgan fingerprint density at radius 1 is 0.837 bits per heavy atom. The van der Waals surface area contributed by atoms with E-state index in [1.54, 1.807) is 6.07 Å². The van der Waals surface area contributed by atoms with Crippen LogP contribution in [0.15, 0.2) is 18.2 Å². The first-order chi connectivity index (χ1) is 22.8. The maximum absolute atomic E-state index is 13.7. The van der Waals surface area contributed by atoms with E-state index in [1.807, 2.05) is 6.07 Å². The molecule has 7 atom stereocenters. The van der Waals surface area contributed by atoms with Gasteiger partial charge in [-0.15, -0.1) is 0 Å². The number of rotatable bonds is 16. The third-order valence-corrected chi connectivity index (χ3v) is 14.3. The molecule has 3 saturated carbocycles. The molecule has 0 aliphatic heterocycles. The average molecular weight is 733 g/mol. The van der Waals surface area contributed by atoms with Crippen LogP contribution in [0.4, 0.5) is 39.5 Å².